The van der Waals surface area contributed by atoms with Crippen LogP contribution in [0.5, 0.6) is 0 Å². The SMILES string of the molecule is O=C(O)CC(O)(CC(=O)OCC(I)(I)I)C(=O)O. The van der Waals surface area contributed by atoms with Crippen LogP contribution in [0, 0.1) is 0 Å². The number of hydrogen-bond donors (Lipinski definition) is 3. The predicted molar refractivity (Wildman–Crippen MR) is 85.2 cm³/mol. The largest absolute Gasteiger partial charge is 0.481 e. The highest BCUT2D eigenvalue weighted by Gasteiger charge is 2.41. The van der Waals surface area contributed by atoms with Crippen molar-refractivity contribution in [3.8, 4) is 0 Å². The summed E-state index contributed by atoms with van der Waals surface area (Å²) in [7, 11) is 0. The molecule has 7 nitrogen and oxygen atoms in total. The lowest BCUT2D eigenvalue weighted by molar-refractivity contribution is -0.171. The van der Waals surface area contributed by atoms with Crippen LogP contribution in [0.4, 0.5) is 0 Å². The Kier molecular flexibility index (Phi) is 7.60. The minimum atomic E-state index is -2.65. The van der Waals surface area contributed by atoms with E-state index in [9.17, 15) is 19.5 Å². The first-order valence-corrected chi connectivity index (χ1v) is 7.60. The van der Waals surface area contributed by atoms with Crippen molar-refractivity contribution in [2.24, 2.45) is 0 Å². The summed E-state index contributed by atoms with van der Waals surface area (Å²) in [6, 6.07) is 0. The average Bonchev–Trinajstić information content (AvgIpc) is 2.11. The fourth-order valence-electron chi connectivity index (χ4n) is 0.916. The van der Waals surface area contributed by atoms with Crippen LogP contribution in [-0.2, 0) is 19.1 Å². The molecular formula is C8H9I3O7. The summed E-state index contributed by atoms with van der Waals surface area (Å²) < 4.78 is 4.36. The summed E-state index contributed by atoms with van der Waals surface area (Å²) in [5, 5.41) is 26.8. The minimum Gasteiger partial charge on any atom is -0.481 e. The standard InChI is InChI=1S/C8H9I3O7/c9-8(10,11)3-18-5(14)2-7(17,6(15)16)1-4(12)13/h17H,1-3H2,(H,12,13)(H,15,16). The number of halogens is 3. The number of aliphatic hydroxyl groups is 1. The number of carbonyl (C=O) groups is 3. The maximum atomic E-state index is 11.3. The Bertz CT molecular complexity index is 351. The zero-order valence-corrected chi connectivity index (χ0v) is 15.2. The lowest BCUT2D eigenvalue weighted by Gasteiger charge is -2.21. The number of carbonyl (C=O) groups excluding carboxylic acids is 1. The molecule has 0 aromatic heterocycles. The number of ether oxygens (including phenoxy) is 1. The van der Waals surface area contributed by atoms with Gasteiger partial charge < -0.3 is 20.1 Å². The third-order valence-corrected chi connectivity index (χ3v) is 2.61. The number of carboxylic acids is 2. The quantitative estimate of drug-likeness (QED) is 0.229. The number of esters is 1. The zero-order chi connectivity index (χ0) is 14.6. The van der Waals surface area contributed by atoms with Gasteiger partial charge in [0.1, 0.15) is 6.61 Å². The molecule has 0 fully saturated rings. The van der Waals surface area contributed by atoms with Gasteiger partial charge in [0.05, 0.1) is 12.8 Å². The fourth-order valence-corrected chi connectivity index (χ4v) is 1.38. The van der Waals surface area contributed by atoms with Crippen molar-refractivity contribution >= 4 is 85.7 Å². The minimum absolute atomic E-state index is 0.0102. The number of alkyl halides is 3. The molecule has 3 N–H and O–H groups in total. The number of rotatable bonds is 7. The number of hydrogen-bond acceptors (Lipinski definition) is 5. The summed E-state index contributed by atoms with van der Waals surface area (Å²) >= 11 is 6.01. The summed E-state index contributed by atoms with van der Waals surface area (Å²) in [6.07, 6.45) is -1.98. The first kappa shape index (κ1) is 18.6. The molecule has 0 aromatic rings. The van der Waals surface area contributed by atoms with E-state index in [1.54, 1.807) is 0 Å². The molecule has 0 aliphatic rings. The van der Waals surface area contributed by atoms with E-state index >= 15 is 0 Å². The van der Waals surface area contributed by atoms with Crippen LogP contribution >= 0.6 is 67.8 Å². The Morgan fingerprint density at radius 2 is 1.56 bits per heavy atom. The van der Waals surface area contributed by atoms with E-state index in [2.05, 4.69) is 0 Å². The van der Waals surface area contributed by atoms with Gasteiger partial charge in [-0.1, -0.05) is 67.8 Å². The molecule has 10 heteroatoms. The van der Waals surface area contributed by atoms with Gasteiger partial charge in [0.25, 0.3) is 0 Å². The second-order valence-electron chi connectivity index (χ2n) is 3.36. The predicted octanol–water partition coefficient (Wildman–Crippen LogP) is 1.17. The molecule has 18 heavy (non-hydrogen) atoms. The van der Waals surface area contributed by atoms with Gasteiger partial charge >= 0.3 is 17.9 Å². The Balaban J connectivity index is 4.56. The Morgan fingerprint density at radius 3 is 1.89 bits per heavy atom. The summed E-state index contributed by atoms with van der Waals surface area (Å²) in [5.41, 5.74) is -2.65. The number of aliphatic carboxylic acids is 2. The molecule has 0 saturated carbocycles. The smallest absolute Gasteiger partial charge is 0.336 e. The Morgan fingerprint density at radius 1 is 1.06 bits per heavy atom. The fraction of sp³-hybridized carbons (Fsp3) is 0.625. The third kappa shape index (κ3) is 7.88. The van der Waals surface area contributed by atoms with Crippen LogP contribution < -0.4 is 0 Å². The molecule has 0 heterocycles. The maximum Gasteiger partial charge on any atom is 0.336 e. The molecule has 0 bridgehead atoms. The molecule has 0 saturated heterocycles. The summed E-state index contributed by atoms with van der Waals surface area (Å²) in [6.45, 7) is 0.0102. The molecular weight excluding hydrogens is 589 g/mol. The molecule has 1 atom stereocenters. The molecule has 0 rings (SSSR count). The first-order valence-electron chi connectivity index (χ1n) is 4.36. The van der Waals surface area contributed by atoms with Crippen LogP contribution in [0.2, 0.25) is 0 Å². The highest BCUT2D eigenvalue weighted by Crippen LogP contribution is 2.35. The van der Waals surface area contributed by atoms with E-state index in [-0.39, 0.29) is 6.61 Å². The average molecular weight is 598 g/mol. The topological polar surface area (TPSA) is 121 Å². The van der Waals surface area contributed by atoms with Gasteiger partial charge in [0.2, 0.25) is 0 Å². The van der Waals surface area contributed by atoms with E-state index in [4.69, 9.17) is 14.9 Å². The molecule has 0 aliphatic heterocycles. The Labute approximate surface area is 143 Å². The molecule has 0 aromatic carbocycles. The highest BCUT2D eigenvalue weighted by atomic mass is 127. The van der Waals surface area contributed by atoms with Crippen molar-refractivity contribution in [3.05, 3.63) is 0 Å². The van der Waals surface area contributed by atoms with Gasteiger partial charge in [-0.2, -0.15) is 0 Å². The second kappa shape index (κ2) is 7.37. The van der Waals surface area contributed by atoms with Crippen LogP contribution in [0.25, 0.3) is 0 Å². The Hall–Kier alpha value is 0.560. The molecule has 0 radical (unpaired) electrons. The van der Waals surface area contributed by atoms with Crippen LogP contribution in [0.1, 0.15) is 12.8 Å². The van der Waals surface area contributed by atoms with Crippen LogP contribution in [-0.4, -0.2) is 44.9 Å². The van der Waals surface area contributed by atoms with Crippen molar-refractivity contribution in [2.45, 2.75) is 17.9 Å². The van der Waals surface area contributed by atoms with Crippen LogP contribution in [0.15, 0.2) is 0 Å². The van der Waals surface area contributed by atoms with Crippen molar-refractivity contribution in [1.29, 1.82) is 0 Å². The second-order valence-corrected chi connectivity index (χ2v) is 15.1. The molecule has 0 amide bonds. The normalized spacial score (nSPS) is 14.7. The number of carboxylic acid groups (broad SMARTS) is 2. The molecule has 1 unspecified atom stereocenters. The molecule has 104 valence electrons. The maximum absolute atomic E-state index is 11.3. The van der Waals surface area contributed by atoms with Crippen LogP contribution in [0.3, 0.4) is 0 Å². The van der Waals surface area contributed by atoms with Gasteiger partial charge in [-0.15, -0.1) is 0 Å². The van der Waals surface area contributed by atoms with Gasteiger partial charge in [0, 0.05) is 0 Å². The summed E-state index contributed by atoms with van der Waals surface area (Å²) in [4.78, 5) is 32.5. The van der Waals surface area contributed by atoms with E-state index in [1.165, 1.54) is 0 Å². The zero-order valence-electron chi connectivity index (χ0n) is 8.73. The van der Waals surface area contributed by atoms with Crippen molar-refractivity contribution < 1.29 is 34.4 Å². The summed E-state index contributed by atoms with van der Waals surface area (Å²) in [5.74, 6) is -4.25. The molecule has 0 spiro atoms. The van der Waals surface area contributed by atoms with Crippen molar-refractivity contribution in [1.82, 2.24) is 0 Å². The highest BCUT2D eigenvalue weighted by molar-refractivity contribution is 14.3. The van der Waals surface area contributed by atoms with E-state index in [0.717, 1.165) is 0 Å². The van der Waals surface area contributed by atoms with E-state index in [1.807, 2.05) is 67.8 Å². The van der Waals surface area contributed by atoms with Crippen molar-refractivity contribution in [2.75, 3.05) is 6.61 Å². The van der Waals surface area contributed by atoms with Gasteiger partial charge in [-0.05, 0) is 0 Å². The monoisotopic (exact) mass is 598 g/mol. The lowest BCUT2D eigenvalue weighted by Crippen LogP contribution is -2.43. The van der Waals surface area contributed by atoms with Crippen molar-refractivity contribution in [3.63, 3.8) is 0 Å². The van der Waals surface area contributed by atoms with E-state index < -0.39 is 35.8 Å². The van der Waals surface area contributed by atoms with Gasteiger partial charge in [-0.3, -0.25) is 9.59 Å². The van der Waals surface area contributed by atoms with Gasteiger partial charge in [0.15, 0.2) is 5.04 Å². The third-order valence-electron chi connectivity index (χ3n) is 1.68. The van der Waals surface area contributed by atoms with E-state index in [0.29, 0.717) is 0 Å². The lowest BCUT2D eigenvalue weighted by atomic mass is 9.96. The first-order chi connectivity index (χ1) is 7.96. The molecule has 0 aliphatic carbocycles. The van der Waals surface area contributed by atoms with Gasteiger partial charge in [-0.25, -0.2) is 4.79 Å².